The van der Waals surface area contributed by atoms with Crippen molar-refractivity contribution in [1.82, 2.24) is 15.3 Å². The molecule has 0 radical (unpaired) electrons. The molecule has 3 aromatic carbocycles. The van der Waals surface area contributed by atoms with Crippen LogP contribution >= 0.6 is 0 Å². The monoisotopic (exact) mass is 587 g/mol. The summed E-state index contributed by atoms with van der Waals surface area (Å²) in [6, 6.07) is 8.88. The number of alkyl halides is 1. The Balaban J connectivity index is 1.66. The second-order valence-electron chi connectivity index (χ2n) is 10.5. The van der Waals surface area contributed by atoms with Crippen LogP contribution in [0.5, 0.6) is 0 Å². The molecule has 5 rings (SSSR count). The predicted molar refractivity (Wildman–Crippen MR) is 153 cm³/mol. The third-order valence-corrected chi connectivity index (χ3v) is 7.50. The van der Waals surface area contributed by atoms with Crippen LogP contribution in [-0.2, 0) is 10.0 Å². The molecule has 2 atom stereocenters. The molecule has 1 aliphatic rings. The van der Waals surface area contributed by atoms with Crippen LogP contribution in [0.15, 0.2) is 48.7 Å². The first-order valence-electron chi connectivity index (χ1n) is 13.1. The largest absolute Gasteiger partial charge is 0.350 e. The maximum absolute atomic E-state index is 15.9. The van der Waals surface area contributed by atoms with Crippen molar-refractivity contribution in [1.29, 1.82) is 0 Å². The molecule has 216 valence electrons. The summed E-state index contributed by atoms with van der Waals surface area (Å²) in [5.74, 6) is -2.52. The Morgan fingerprint density at radius 3 is 2.46 bits per heavy atom. The number of anilines is 2. The topological polar surface area (TPSA) is 96.0 Å². The Morgan fingerprint density at radius 2 is 1.78 bits per heavy atom. The lowest BCUT2D eigenvalue weighted by atomic mass is 9.89. The van der Waals surface area contributed by atoms with E-state index in [0.29, 0.717) is 48.0 Å². The highest BCUT2D eigenvalue weighted by Crippen LogP contribution is 2.41. The quantitative estimate of drug-likeness (QED) is 0.230. The van der Waals surface area contributed by atoms with E-state index < -0.39 is 33.6 Å². The van der Waals surface area contributed by atoms with Gasteiger partial charge in [-0.2, -0.15) is 0 Å². The number of hydrogen-bond donors (Lipinski definition) is 3. The van der Waals surface area contributed by atoms with Gasteiger partial charge in [0.1, 0.15) is 17.8 Å². The Morgan fingerprint density at radius 1 is 1.02 bits per heavy atom. The second kappa shape index (κ2) is 11.2. The SMILES string of the molecule is CC(C)c1cc(-c2ccc(NS(C)(=O)=O)c(F)c2-c2ccc(F)cc2F)cc2cnc(N[C@@H]3CNC[C@@H](F)C3)nc12. The molecule has 1 saturated heterocycles. The van der Waals surface area contributed by atoms with Crippen molar-refractivity contribution in [3.63, 3.8) is 0 Å². The maximum atomic E-state index is 15.9. The minimum absolute atomic E-state index is 0.0335. The van der Waals surface area contributed by atoms with E-state index in [1.807, 2.05) is 19.9 Å². The number of aromatic nitrogens is 2. The molecule has 41 heavy (non-hydrogen) atoms. The highest BCUT2D eigenvalue weighted by atomic mass is 32.2. The molecular weight excluding hydrogens is 558 g/mol. The Bertz CT molecular complexity index is 1730. The maximum Gasteiger partial charge on any atom is 0.229 e. The van der Waals surface area contributed by atoms with Gasteiger partial charge >= 0.3 is 0 Å². The van der Waals surface area contributed by atoms with E-state index in [1.54, 1.807) is 12.3 Å². The molecule has 0 aliphatic carbocycles. The molecule has 3 N–H and O–H groups in total. The van der Waals surface area contributed by atoms with Crippen molar-refractivity contribution in [2.24, 2.45) is 0 Å². The highest BCUT2D eigenvalue weighted by molar-refractivity contribution is 7.92. The Hall–Kier alpha value is -3.77. The molecule has 0 spiro atoms. The molecule has 1 fully saturated rings. The van der Waals surface area contributed by atoms with Gasteiger partial charge in [-0.15, -0.1) is 0 Å². The summed E-state index contributed by atoms with van der Waals surface area (Å²) in [7, 11) is -3.85. The van der Waals surface area contributed by atoms with Gasteiger partial charge in [0.25, 0.3) is 0 Å². The zero-order valence-corrected chi connectivity index (χ0v) is 23.4. The summed E-state index contributed by atoms with van der Waals surface area (Å²) in [6.07, 6.45) is 1.86. The van der Waals surface area contributed by atoms with Crippen LogP contribution in [0.2, 0.25) is 0 Å². The van der Waals surface area contributed by atoms with Crippen LogP contribution < -0.4 is 15.4 Å². The second-order valence-corrected chi connectivity index (χ2v) is 12.3. The number of nitrogens with zero attached hydrogens (tertiary/aromatic N) is 2. The van der Waals surface area contributed by atoms with Crippen LogP contribution in [0.3, 0.4) is 0 Å². The number of benzene rings is 3. The Kier molecular flexibility index (Phi) is 7.89. The van der Waals surface area contributed by atoms with E-state index in [0.717, 1.165) is 24.0 Å². The van der Waals surface area contributed by atoms with E-state index in [9.17, 15) is 17.2 Å². The number of hydrogen-bond acceptors (Lipinski definition) is 6. The predicted octanol–water partition coefficient (Wildman–Crippen LogP) is 5.99. The molecule has 1 aliphatic heterocycles. The Labute approximate surface area is 235 Å². The molecule has 0 saturated carbocycles. The third kappa shape index (κ3) is 6.28. The first-order chi connectivity index (χ1) is 19.4. The fourth-order valence-electron chi connectivity index (χ4n) is 5.07. The molecule has 0 unspecified atom stereocenters. The first-order valence-corrected chi connectivity index (χ1v) is 15.0. The van der Waals surface area contributed by atoms with Crippen LogP contribution in [0.1, 0.15) is 31.7 Å². The summed E-state index contributed by atoms with van der Waals surface area (Å²) < 4.78 is 84.4. The molecule has 12 heteroatoms. The molecule has 7 nitrogen and oxygen atoms in total. The normalized spacial score (nSPS) is 17.7. The van der Waals surface area contributed by atoms with Crippen molar-refractivity contribution in [3.05, 3.63) is 71.7 Å². The zero-order chi connectivity index (χ0) is 29.5. The first kappa shape index (κ1) is 28.7. The van der Waals surface area contributed by atoms with Crippen molar-refractivity contribution in [3.8, 4) is 22.3 Å². The molecule has 4 aromatic rings. The number of nitrogens with one attached hydrogen (secondary N) is 3. The smallest absolute Gasteiger partial charge is 0.229 e. The molecule has 1 aromatic heterocycles. The van der Waals surface area contributed by atoms with Gasteiger partial charge in [-0.05, 0) is 52.9 Å². The van der Waals surface area contributed by atoms with Crippen molar-refractivity contribution >= 4 is 32.6 Å². The fraction of sp³-hybridized carbons (Fsp3) is 0.310. The third-order valence-electron chi connectivity index (χ3n) is 6.91. The van der Waals surface area contributed by atoms with E-state index in [1.165, 1.54) is 12.1 Å². The van der Waals surface area contributed by atoms with Crippen LogP contribution in [-0.4, -0.2) is 49.9 Å². The molecule has 0 amide bonds. The number of fused-ring (bicyclic) bond motifs is 1. The minimum Gasteiger partial charge on any atom is -0.350 e. The van der Waals surface area contributed by atoms with Crippen LogP contribution in [0.25, 0.3) is 33.2 Å². The fourth-order valence-corrected chi connectivity index (χ4v) is 5.63. The van der Waals surface area contributed by atoms with Gasteiger partial charge in [0, 0.05) is 54.3 Å². The number of sulfonamides is 1. The lowest BCUT2D eigenvalue weighted by molar-refractivity contribution is 0.254. The van der Waals surface area contributed by atoms with Gasteiger partial charge in [0.05, 0.1) is 17.5 Å². The van der Waals surface area contributed by atoms with Gasteiger partial charge in [0.15, 0.2) is 5.82 Å². The number of piperidine rings is 1. The standard InChI is InChI=1S/C29H29F4N5O2S/c1-15(2)23-9-16(8-17-12-35-29(37-28(17)23)36-20-10-19(31)13-34-14-20)21-6-7-25(38-41(3,39)40)27(33)26(21)22-5-4-18(30)11-24(22)32/h4-9,11-12,15,19-20,34,38H,10,13-14H2,1-3H3,(H,35,36,37)/t19-,20-/m0/s1. The zero-order valence-electron chi connectivity index (χ0n) is 22.6. The summed E-state index contributed by atoms with van der Waals surface area (Å²) in [6.45, 7) is 4.82. The summed E-state index contributed by atoms with van der Waals surface area (Å²) in [5.41, 5.74) is 1.39. The molecule has 2 heterocycles. The van der Waals surface area contributed by atoms with E-state index in [2.05, 4.69) is 20.3 Å². The van der Waals surface area contributed by atoms with Gasteiger partial charge in [-0.25, -0.2) is 35.9 Å². The van der Waals surface area contributed by atoms with Crippen LogP contribution in [0.4, 0.5) is 29.2 Å². The summed E-state index contributed by atoms with van der Waals surface area (Å²) in [4.78, 5) is 9.11. The van der Waals surface area contributed by atoms with Crippen molar-refractivity contribution in [2.45, 2.75) is 38.4 Å². The van der Waals surface area contributed by atoms with Crippen molar-refractivity contribution in [2.75, 3.05) is 29.4 Å². The van der Waals surface area contributed by atoms with Crippen molar-refractivity contribution < 1.29 is 26.0 Å². The van der Waals surface area contributed by atoms with Crippen LogP contribution in [0, 0.1) is 17.5 Å². The average Bonchev–Trinajstić information content (AvgIpc) is 2.89. The minimum atomic E-state index is -3.85. The van der Waals surface area contributed by atoms with E-state index >= 15 is 8.78 Å². The summed E-state index contributed by atoms with van der Waals surface area (Å²) >= 11 is 0. The summed E-state index contributed by atoms with van der Waals surface area (Å²) in [5, 5.41) is 6.85. The lowest BCUT2D eigenvalue weighted by Crippen LogP contribution is -2.44. The van der Waals surface area contributed by atoms with Gasteiger partial charge < -0.3 is 10.6 Å². The highest BCUT2D eigenvalue weighted by Gasteiger charge is 2.24. The lowest BCUT2D eigenvalue weighted by Gasteiger charge is -2.26. The number of rotatable bonds is 7. The van der Waals surface area contributed by atoms with Gasteiger partial charge in [-0.3, -0.25) is 4.72 Å². The van der Waals surface area contributed by atoms with E-state index in [-0.39, 0.29) is 34.3 Å². The average molecular weight is 588 g/mol. The molecular formula is C29H29F4N5O2S. The van der Waals surface area contributed by atoms with Gasteiger partial charge in [-0.1, -0.05) is 19.9 Å². The van der Waals surface area contributed by atoms with Gasteiger partial charge in [0.2, 0.25) is 16.0 Å². The van der Waals surface area contributed by atoms with E-state index in [4.69, 9.17) is 4.98 Å². The number of halogens is 4. The molecule has 0 bridgehead atoms.